The average molecular weight is 272 g/mol. The molecule has 0 aliphatic carbocycles. The Balaban J connectivity index is 1.86. The number of hydrogen-bond donors (Lipinski definition) is 0. The van der Waals surface area contributed by atoms with E-state index in [1.165, 1.54) is 21.7 Å². The molecule has 3 aromatic rings. The number of aryl methyl sites for hydroxylation is 1. The number of benzene rings is 2. The van der Waals surface area contributed by atoms with Gasteiger partial charge in [-0.3, -0.25) is 0 Å². The molecule has 3 heteroatoms. The minimum Gasteiger partial charge on any atom is -0.486 e. The smallest absolute Gasteiger partial charge is 0.165 e. The van der Waals surface area contributed by atoms with E-state index >= 15 is 0 Å². The Kier molecular flexibility index (Phi) is 3.22. The average Bonchev–Trinajstić information content (AvgIpc) is 2.80. The molecule has 0 N–H and O–H groups in total. The summed E-state index contributed by atoms with van der Waals surface area (Å²) < 4.78 is 20.3. The second-order valence-corrected chi connectivity index (χ2v) is 5.39. The standard InChI is InChI=1S/C16H13FOS/c1-11-6-7-16-13(8-11)12(10-19-16)9-18-15-5-3-2-4-14(15)17/h2-8,10H,9H2,1H3. The third kappa shape index (κ3) is 2.47. The molecule has 19 heavy (non-hydrogen) atoms. The molecule has 1 heterocycles. The maximum atomic E-state index is 13.5. The van der Waals surface area contributed by atoms with Crippen molar-refractivity contribution in [3.8, 4) is 5.75 Å². The fraction of sp³-hybridized carbons (Fsp3) is 0.125. The van der Waals surface area contributed by atoms with E-state index in [0.29, 0.717) is 12.4 Å². The molecule has 0 amide bonds. The van der Waals surface area contributed by atoms with Crippen LogP contribution in [0.5, 0.6) is 5.75 Å². The molecule has 3 rings (SSSR count). The normalized spacial score (nSPS) is 10.8. The minimum absolute atomic E-state index is 0.300. The van der Waals surface area contributed by atoms with Gasteiger partial charge in [0.05, 0.1) is 0 Å². The Labute approximate surface area is 115 Å². The van der Waals surface area contributed by atoms with Crippen molar-refractivity contribution >= 4 is 21.4 Å². The molecule has 0 saturated heterocycles. The first-order valence-corrected chi connectivity index (χ1v) is 6.96. The first-order valence-electron chi connectivity index (χ1n) is 6.08. The van der Waals surface area contributed by atoms with Crippen LogP contribution in [0.25, 0.3) is 10.1 Å². The lowest BCUT2D eigenvalue weighted by molar-refractivity contribution is 0.292. The summed E-state index contributed by atoms with van der Waals surface area (Å²) >= 11 is 1.69. The minimum atomic E-state index is -0.321. The molecule has 0 saturated carbocycles. The predicted molar refractivity (Wildman–Crippen MR) is 77.3 cm³/mol. The molecule has 0 spiro atoms. The molecule has 0 bridgehead atoms. The van der Waals surface area contributed by atoms with Crippen LogP contribution in [-0.2, 0) is 6.61 Å². The molecular formula is C16H13FOS. The Morgan fingerprint density at radius 1 is 1.16 bits per heavy atom. The van der Waals surface area contributed by atoms with Crippen LogP contribution in [0, 0.1) is 12.7 Å². The van der Waals surface area contributed by atoms with E-state index in [1.54, 1.807) is 29.5 Å². The van der Waals surface area contributed by atoms with Crippen LogP contribution in [0.2, 0.25) is 0 Å². The van der Waals surface area contributed by atoms with Crippen LogP contribution in [-0.4, -0.2) is 0 Å². The SMILES string of the molecule is Cc1ccc2scc(COc3ccccc3F)c2c1. The molecule has 0 fully saturated rings. The van der Waals surface area contributed by atoms with Gasteiger partial charge in [0.15, 0.2) is 11.6 Å². The molecular weight excluding hydrogens is 259 g/mol. The van der Waals surface area contributed by atoms with Crippen LogP contribution in [0.1, 0.15) is 11.1 Å². The van der Waals surface area contributed by atoms with Crippen LogP contribution in [0.3, 0.4) is 0 Å². The van der Waals surface area contributed by atoms with E-state index in [-0.39, 0.29) is 5.82 Å². The number of halogens is 1. The van der Waals surface area contributed by atoms with Crippen molar-refractivity contribution in [2.45, 2.75) is 13.5 Å². The lowest BCUT2D eigenvalue weighted by Gasteiger charge is -2.06. The highest BCUT2D eigenvalue weighted by molar-refractivity contribution is 7.17. The van der Waals surface area contributed by atoms with Gasteiger partial charge in [0.25, 0.3) is 0 Å². The summed E-state index contributed by atoms with van der Waals surface area (Å²) in [6.45, 7) is 2.46. The summed E-state index contributed by atoms with van der Waals surface area (Å²) in [5.74, 6) is -0.0206. The highest BCUT2D eigenvalue weighted by Gasteiger charge is 2.07. The number of fused-ring (bicyclic) bond motifs is 1. The molecule has 0 aliphatic heterocycles. The summed E-state index contributed by atoms with van der Waals surface area (Å²) in [6.07, 6.45) is 0. The first-order chi connectivity index (χ1) is 9.24. The van der Waals surface area contributed by atoms with Gasteiger partial charge < -0.3 is 4.74 Å². The van der Waals surface area contributed by atoms with Gasteiger partial charge in [-0.2, -0.15) is 0 Å². The summed E-state index contributed by atoms with van der Waals surface area (Å²) in [5, 5.41) is 3.27. The molecule has 2 aromatic carbocycles. The van der Waals surface area contributed by atoms with E-state index in [0.717, 1.165) is 5.56 Å². The van der Waals surface area contributed by atoms with Crippen molar-refractivity contribution in [2.75, 3.05) is 0 Å². The molecule has 0 atom stereocenters. The van der Waals surface area contributed by atoms with Gasteiger partial charge in [0.1, 0.15) is 6.61 Å². The number of rotatable bonds is 3. The van der Waals surface area contributed by atoms with Crippen molar-refractivity contribution in [3.05, 3.63) is 64.8 Å². The monoisotopic (exact) mass is 272 g/mol. The predicted octanol–water partition coefficient (Wildman–Crippen LogP) is 4.93. The van der Waals surface area contributed by atoms with Crippen molar-refractivity contribution < 1.29 is 9.13 Å². The lowest BCUT2D eigenvalue weighted by Crippen LogP contribution is -1.96. The summed E-state index contributed by atoms with van der Waals surface area (Å²) in [6, 6.07) is 12.8. The third-order valence-electron chi connectivity index (χ3n) is 3.03. The zero-order valence-corrected chi connectivity index (χ0v) is 11.3. The number of ether oxygens (including phenoxy) is 1. The van der Waals surface area contributed by atoms with E-state index in [2.05, 4.69) is 30.5 Å². The molecule has 1 aromatic heterocycles. The van der Waals surface area contributed by atoms with Gasteiger partial charge in [-0.15, -0.1) is 11.3 Å². The maximum absolute atomic E-state index is 13.5. The number of para-hydroxylation sites is 1. The van der Waals surface area contributed by atoms with Crippen molar-refractivity contribution in [1.82, 2.24) is 0 Å². The summed E-state index contributed by atoms with van der Waals surface area (Å²) in [4.78, 5) is 0. The van der Waals surface area contributed by atoms with Crippen molar-refractivity contribution in [1.29, 1.82) is 0 Å². The Hall–Kier alpha value is -1.87. The quantitative estimate of drug-likeness (QED) is 0.657. The highest BCUT2D eigenvalue weighted by Crippen LogP contribution is 2.28. The van der Waals surface area contributed by atoms with E-state index in [4.69, 9.17) is 4.74 Å². The van der Waals surface area contributed by atoms with E-state index in [9.17, 15) is 4.39 Å². The Bertz CT molecular complexity index is 718. The van der Waals surface area contributed by atoms with Crippen molar-refractivity contribution in [3.63, 3.8) is 0 Å². The largest absolute Gasteiger partial charge is 0.486 e. The fourth-order valence-electron chi connectivity index (χ4n) is 2.02. The van der Waals surface area contributed by atoms with Gasteiger partial charge in [-0.05, 0) is 35.9 Å². The van der Waals surface area contributed by atoms with Gasteiger partial charge >= 0.3 is 0 Å². The van der Waals surface area contributed by atoms with Crippen LogP contribution >= 0.6 is 11.3 Å². The summed E-state index contributed by atoms with van der Waals surface area (Å²) in [7, 11) is 0. The lowest BCUT2D eigenvalue weighted by atomic mass is 10.1. The Morgan fingerprint density at radius 3 is 2.84 bits per heavy atom. The third-order valence-corrected chi connectivity index (χ3v) is 4.04. The second-order valence-electron chi connectivity index (χ2n) is 4.48. The zero-order valence-electron chi connectivity index (χ0n) is 10.5. The fourth-order valence-corrected chi connectivity index (χ4v) is 2.95. The molecule has 0 unspecified atom stereocenters. The Morgan fingerprint density at radius 2 is 2.00 bits per heavy atom. The van der Waals surface area contributed by atoms with Crippen LogP contribution in [0.15, 0.2) is 47.8 Å². The number of hydrogen-bond acceptors (Lipinski definition) is 2. The zero-order chi connectivity index (χ0) is 13.2. The van der Waals surface area contributed by atoms with Crippen molar-refractivity contribution in [2.24, 2.45) is 0 Å². The maximum Gasteiger partial charge on any atom is 0.165 e. The molecule has 96 valence electrons. The van der Waals surface area contributed by atoms with Gasteiger partial charge in [0, 0.05) is 10.3 Å². The van der Waals surface area contributed by atoms with Crippen LogP contribution < -0.4 is 4.74 Å². The molecule has 0 aliphatic rings. The van der Waals surface area contributed by atoms with E-state index in [1.807, 2.05) is 0 Å². The van der Waals surface area contributed by atoms with Gasteiger partial charge in [-0.1, -0.05) is 29.8 Å². The second kappa shape index (κ2) is 5.02. The van der Waals surface area contributed by atoms with E-state index < -0.39 is 0 Å². The van der Waals surface area contributed by atoms with Crippen LogP contribution in [0.4, 0.5) is 4.39 Å². The summed E-state index contributed by atoms with van der Waals surface area (Å²) in [5.41, 5.74) is 2.32. The molecule has 0 radical (unpaired) electrons. The number of thiophene rings is 1. The highest BCUT2D eigenvalue weighted by atomic mass is 32.1. The topological polar surface area (TPSA) is 9.23 Å². The molecule has 1 nitrogen and oxygen atoms in total. The van der Waals surface area contributed by atoms with Gasteiger partial charge in [-0.25, -0.2) is 4.39 Å². The first kappa shape index (κ1) is 12.2. The van der Waals surface area contributed by atoms with Gasteiger partial charge in [0.2, 0.25) is 0 Å².